The summed E-state index contributed by atoms with van der Waals surface area (Å²) in [7, 11) is 0. The van der Waals surface area contributed by atoms with Crippen molar-refractivity contribution in [2.75, 3.05) is 0 Å². The van der Waals surface area contributed by atoms with Gasteiger partial charge in [-0.05, 0) is 55.0 Å². The van der Waals surface area contributed by atoms with E-state index in [2.05, 4.69) is 48.6 Å². The Kier molecular flexibility index (Phi) is 4.09. The Morgan fingerprint density at radius 2 is 1.75 bits per heavy atom. The van der Waals surface area contributed by atoms with Crippen LogP contribution < -0.4 is 5.32 Å². The van der Waals surface area contributed by atoms with Crippen LogP contribution in [0.25, 0.3) is 0 Å². The van der Waals surface area contributed by atoms with Gasteiger partial charge in [-0.25, -0.2) is 0 Å². The lowest BCUT2D eigenvalue weighted by Crippen LogP contribution is -2.36. The fraction of sp³-hybridized carbons (Fsp3) is 0.333. The van der Waals surface area contributed by atoms with Gasteiger partial charge < -0.3 is 5.32 Å². The van der Waals surface area contributed by atoms with Crippen LogP contribution in [0.1, 0.15) is 36.1 Å². The molecule has 0 spiro atoms. The van der Waals surface area contributed by atoms with Crippen molar-refractivity contribution in [3.63, 3.8) is 0 Å². The molecule has 2 aromatic rings. The molecule has 0 saturated heterocycles. The number of nitrogens with one attached hydrogen (secondary N) is 1. The third-order valence-electron chi connectivity index (χ3n) is 4.20. The van der Waals surface area contributed by atoms with Crippen molar-refractivity contribution in [1.82, 2.24) is 5.32 Å². The minimum atomic E-state index is 0.363. The molecule has 2 heteroatoms. The molecule has 20 heavy (non-hydrogen) atoms. The van der Waals surface area contributed by atoms with Gasteiger partial charge in [-0.15, -0.1) is 0 Å². The summed E-state index contributed by atoms with van der Waals surface area (Å²) in [5, 5.41) is 4.55. The van der Waals surface area contributed by atoms with E-state index in [4.69, 9.17) is 11.6 Å². The first-order chi connectivity index (χ1) is 9.72. The number of hydrogen-bond acceptors (Lipinski definition) is 1. The van der Waals surface area contributed by atoms with Crippen LogP contribution in [0.4, 0.5) is 0 Å². The Morgan fingerprint density at radius 3 is 2.50 bits per heavy atom. The lowest BCUT2D eigenvalue weighted by atomic mass is 9.88. The molecule has 0 aliphatic heterocycles. The van der Waals surface area contributed by atoms with Crippen molar-refractivity contribution in [2.45, 2.75) is 38.3 Å². The van der Waals surface area contributed by atoms with Crippen molar-refractivity contribution in [3.05, 3.63) is 70.2 Å². The Labute approximate surface area is 126 Å². The first-order valence-corrected chi connectivity index (χ1v) is 7.68. The molecule has 0 heterocycles. The van der Waals surface area contributed by atoms with Gasteiger partial charge in [0.05, 0.1) is 0 Å². The minimum absolute atomic E-state index is 0.363. The summed E-state index contributed by atoms with van der Waals surface area (Å²) in [6.45, 7) is 2.23. The van der Waals surface area contributed by atoms with E-state index in [0.717, 1.165) is 11.4 Å². The summed E-state index contributed by atoms with van der Waals surface area (Å²) in [4.78, 5) is 0. The zero-order valence-electron chi connectivity index (χ0n) is 11.8. The predicted octanol–water partition coefficient (Wildman–Crippen LogP) is 4.55. The number of fused-ring (bicyclic) bond motifs is 1. The number of aryl methyl sites for hydroxylation is 1. The van der Waals surface area contributed by atoms with Crippen LogP contribution in [0.3, 0.4) is 0 Å². The molecule has 1 unspecified atom stereocenters. The molecule has 3 rings (SSSR count). The maximum absolute atomic E-state index is 5.94. The minimum Gasteiger partial charge on any atom is -0.307 e. The first-order valence-electron chi connectivity index (χ1n) is 7.30. The maximum atomic E-state index is 5.94. The van der Waals surface area contributed by atoms with Gasteiger partial charge >= 0.3 is 0 Å². The Morgan fingerprint density at radius 1 is 1.05 bits per heavy atom. The highest BCUT2D eigenvalue weighted by molar-refractivity contribution is 6.30. The van der Waals surface area contributed by atoms with E-state index in [1.807, 2.05) is 12.1 Å². The van der Waals surface area contributed by atoms with E-state index >= 15 is 0 Å². The average molecular weight is 286 g/mol. The van der Waals surface area contributed by atoms with Crippen LogP contribution in [0.2, 0.25) is 5.02 Å². The summed E-state index contributed by atoms with van der Waals surface area (Å²) in [5.74, 6) is 0. The topological polar surface area (TPSA) is 12.0 Å². The number of benzene rings is 2. The highest BCUT2D eigenvalue weighted by atomic mass is 35.5. The van der Waals surface area contributed by atoms with E-state index in [1.165, 1.54) is 29.5 Å². The molecule has 1 N–H and O–H groups in total. The molecule has 2 atom stereocenters. The van der Waals surface area contributed by atoms with Gasteiger partial charge in [0.1, 0.15) is 0 Å². The Balaban J connectivity index is 1.66. The predicted molar refractivity (Wildman–Crippen MR) is 85.3 cm³/mol. The molecule has 0 radical (unpaired) electrons. The van der Waals surface area contributed by atoms with Crippen LogP contribution in [-0.4, -0.2) is 6.04 Å². The largest absolute Gasteiger partial charge is 0.307 e. The highest BCUT2D eigenvalue weighted by Gasteiger charge is 2.19. The van der Waals surface area contributed by atoms with Gasteiger partial charge in [0.15, 0.2) is 0 Å². The molecular formula is C18H20ClN. The molecule has 1 aliphatic rings. The van der Waals surface area contributed by atoms with E-state index in [9.17, 15) is 0 Å². The van der Waals surface area contributed by atoms with Gasteiger partial charge in [0.25, 0.3) is 0 Å². The summed E-state index contributed by atoms with van der Waals surface area (Å²) < 4.78 is 0. The Hall–Kier alpha value is -1.31. The van der Waals surface area contributed by atoms with E-state index in [0.29, 0.717) is 12.1 Å². The molecule has 0 saturated carbocycles. The average Bonchev–Trinajstić information content (AvgIpc) is 2.48. The fourth-order valence-corrected chi connectivity index (χ4v) is 3.17. The van der Waals surface area contributed by atoms with Crippen LogP contribution in [-0.2, 0) is 12.8 Å². The van der Waals surface area contributed by atoms with E-state index in [1.54, 1.807) is 0 Å². The summed E-state index contributed by atoms with van der Waals surface area (Å²) in [5.41, 5.74) is 4.32. The summed E-state index contributed by atoms with van der Waals surface area (Å²) in [6, 6.07) is 17.9. The van der Waals surface area contributed by atoms with Crippen molar-refractivity contribution in [1.29, 1.82) is 0 Å². The molecular weight excluding hydrogens is 266 g/mol. The maximum Gasteiger partial charge on any atom is 0.0406 e. The van der Waals surface area contributed by atoms with Gasteiger partial charge in [-0.2, -0.15) is 0 Å². The van der Waals surface area contributed by atoms with E-state index < -0.39 is 0 Å². The molecule has 0 amide bonds. The van der Waals surface area contributed by atoms with Crippen molar-refractivity contribution >= 4 is 11.6 Å². The second-order valence-electron chi connectivity index (χ2n) is 5.65. The number of halogens is 1. The molecule has 2 aromatic carbocycles. The molecule has 0 fully saturated rings. The normalized spacial score (nSPS) is 19.4. The summed E-state index contributed by atoms with van der Waals surface area (Å²) >= 11 is 5.94. The lowest BCUT2D eigenvalue weighted by molar-refractivity contribution is 0.414. The number of hydrogen-bond donors (Lipinski definition) is 1. The zero-order chi connectivity index (χ0) is 13.9. The first kappa shape index (κ1) is 13.7. The van der Waals surface area contributed by atoms with Crippen LogP contribution in [0.15, 0.2) is 48.5 Å². The quantitative estimate of drug-likeness (QED) is 0.872. The second-order valence-corrected chi connectivity index (χ2v) is 6.08. The third kappa shape index (κ3) is 3.05. The van der Waals surface area contributed by atoms with Gasteiger partial charge in [-0.1, -0.05) is 48.0 Å². The van der Waals surface area contributed by atoms with Crippen LogP contribution in [0, 0.1) is 0 Å². The SMILES string of the molecule is C[C@H](NC1CCc2ccccc2C1)c1ccc(Cl)cc1. The molecule has 1 nitrogen and oxygen atoms in total. The van der Waals surface area contributed by atoms with Crippen LogP contribution >= 0.6 is 11.6 Å². The van der Waals surface area contributed by atoms with Crippen molar-refractivity contribution < 1.29 is 0 Å². The smallest absolute Gasteiger partial charge is 0.0406 e. The lowest BCUT2D eigenvalue weighted by Gasteiger charge is -2.28. The fourth-order valence-electron chi connectivity index (χ4n) is 3.04. The van der Waals surface area contributed by atoms with Crippen molar-refractivity contribution in [2.24, 2.45) is 0 Å². The summed E-state index contributed by atoms with van der Waals surface area (Å²) in [6.07, 6.45) is 3.53. The van der Waals surface area contributed by atoms with Crippen molar-refractivity contribution in [3.8, 4) is 0 Å². The molecule has 0 aromatic heterocycles. The third-order valence-corrected chi connectivity index (χ3v) is 4.45. The number of rotatable bonds is 3. The molecule has 1 aliphatic carbocycles. The molecule has 0 bridgehead atoms. The van der Waals surface area contributed by atoms with Gasteiger partial charge in [0.2, 0.25) is 0 Å². The van der Waals surface area contributed by atoms with Gasteiger partial charge in [0, 0.05) is 17.1 Å². The van der Waals surface area contributed by atoms with Gasteiger partial charge in [-0.3, -0.25) is 0 Å². The monoisotopic (exact) mass is 285 g/mol. The Bertz CT molecular complexity index is 576. The van der Waals surface area contributed by atoms with Crippen LogP contribution in [0.5, 0.6) is 0 Å². The zero-order valence-corrected chi connectivity index (χ0v) is 12.5. The molecule has 104 valence electrons. The standard InChI is InChI=1S/C18H20ClN/c1-13(14-6-9-17(19)10-7-14)20-18-11-8-15-4-2-3-5-16(15)12-18/h2-7,9-10,13,18,20H,8,11-12H2,1H3/t13-,18?/m0/s1. The van der Waals surface area contributed by atoms with E-state index in [-0.39, 0.29) is 0 Å². The second kappa shape index (κ2) is 5.99. The highest BCUT2D eigenvalue weighted by Crippen LogP contribution is 2.24.